The van der Waals surface area contributed by atoms with Gasteiger partial charge in [0.15, 0.2) is 5.96 Å². The highest BCUT2D eigenvalue weighted by atomic mass is 32.1. The van der Waals surface area contributed by atoms with Gasteiger partial charge in [-0.2, -0.15) is 5.10 Å². The molecule has 0 aliphatic heterocycles. The predicted octanol–water partition coefficient (Wildman–Crippen LogP) is 2.80. The van der Waals surface area contributed by atoms with E-state index in [2.05, 4.69) is 45.2 Å². The number of aryl methyl sites for hydroxylation is 1. The molecule has 2 N–H and O–H groups in total. The molecule has 0 atom stereocenters. The van der Waals surface area contributed by atoms with E-state index in [9.17, 15) is 0 Å². The van der Waals surface area contributed by atoms with Crippen LogP contribution in [0.4, 0.5) is 0 Å². The third-order valence-corrected chi connectivity index (χ3v) is 4.54. The fourth-order valence-electron chi connectivity index (χ4n) is 2.35. The second kappa shape index (κ2) is 8.43. The number of aromatic nitrogens is 3. The molecule has 0 radical (unpaired) electrons. The molecule has 3 rings (SSSR count). The Labute approximate surface area is 151 Å². The lowest BCUT2D eigenvalue weighted by atomic mass is 10.2. The van der Waals surface area contributed by atoms with Crippen LogP contribution in [-0.4, -0.2) is 27.3 Å². The lowest BCUT2D eigenvalue weighted by molar-refractivity contribution is 0.707. The van der Waals surface area contributed by atoms with Crippen molar-refractivity contribution in [2.75, 3.05) is 6.54 Å². The van der Waals surface area contributed by atoms with Crippen molar-refractivity contribution in [3.8, 4) is 11.3 Å². The Bertz CT molecular complexity index is 821. The molecule has 0 aliphatic carbocycles. The van der Waals surface area contributed by atoms with E-state index in [0.29, 0.717) is 13.1 Å². The minimum absolute atomic E-state index is 0.582. The van der Waals surface area contributed by atoms with Crippen molar-refractivity contribution in [2.24, 2.45) is 12.0 Å². The van der Waals surface area contributed by atoms with Gasteiger partial charge in [0.2, 0.25) is 0 Å². The molecule has 0 unspecified atom stereocenters. The lowest BCUT2D eigenvalue weighted by Crippen LogP contribution is -2.36. The normalized spacial score (nSPS) is 11.5. The van der Waals surface area contributed by atoms with Crippen LogP contribution in [0, 0.1) is 0 Å². The minimum Gasteiger partial charge on any atom is -0.357 e. The number of rotatable bonds is 6. The summed E-state index contributed by atoms with van der Waals surface area (Å²) in [5.41, 5.74) is 3.22. The number of nitrogens with one attached hydrogen (secondary N) is 2. The van der Waals surface area contributed by atoms with E-state index in [1.807, 2.05) is 36.0 Å². The van der Waals surface area contributed by atoms with E-state index in [1.54, 1.807) is 17.5 Å². The van der Waals surface area contributed by atoms with Crippen LogP contribution in [0.25, 0.3) is 11.3 Å². The highest BCUT2D eigenvalue weighted by Gasteiger charge is 2.06. The smallest absolute Gasteiger partial charge is 0.191 e. The monoisotopic (exact) mass is 354 g/mol. The predicted molar refractivity (Wildman–Crippen MR) is 102 cm³/mol. The molecule has 25 heavy (non-hydrogen) atoms. The molecule has 7 heteroatoms. The second-order valence-electron chi connectivity index (χ2n) is 5.49. The molecule has 1 aromatic carbocycles. The van der Waals surface area contributed by atoms with Gasteiger partial charge < -0.3 is 10.6 Å². The first kappa shape index (κ1) is 17.2. The first-order valence-corrected chi connectivity index (χ1v) is 9.13. The van der Waals surface area contributed by atoms with Crippen LogP contribution in [0.2, 0.25) is 0 Å². The van der Waals surface area contributed by atoms with Crippen LogP contribution >= 0.6 is 11.3 Å². The maximum atomic E-state index is 4.70. The molecular formula is C18H22N6S. The third-order valence-electron chi connectivity index (χ3n) is 3.69. The lowest BCUT2D eigenvalue weighted by Gasteiger charge is -2.10. The Kier molecular flexibility index (Phi) is 5.79. The van der Waals surface area contributed by atoms with Crippen molar-refractivity contribution in [1.29, 1.82) is 0 Å². The second-order valence-corrected chi connectivity index (χ2v) is 6.43. The zero-order valence-corrected chi connectivity index (χ0v) is 15.3. The van der Waals surface area contributed by atoms with Gasteiger partial charge in [0, 0.05) is 30.7 Å². The van der Waals surface area contributed by atoms with Gasteiger partial charge in [-0.1, -0.05) is 30.3 Å². The van der Waals surface area contributed by atoms with E-state index in [4.69, 9.17) is 4.98 Å². The summed E-state index contributed by atoms with van der Waals surface area (Å²) < 4.78 is 1.83. The molecule has 0 saturated heterocycles. The van der Waals surface area contributed by atoms with Crippen molar-refractivity contribution in [3.63, 3.8) is 0 Å². The highest BCUT2D eigenvalue weighted by Crippen LogP contribution is 2.21. The number of nitrogens with zero attached hydrogens (tertiary/aromatic N) is 4. The third kappa shape index (κ3) is 4.67. The number of guanidine groups is 1. The summed E-state index contributed by atoms with van der Waals surface area (Å²) in [5, 5.41) is 13.9. The molecule has 0 fully saturated rings. The van der Waals surface area contributed by atoms with Crippen LogP contribution in [-0.2, 0) is 20.1 Å². The molecule has 0 saturated carbocycles. The van der Waals surface area contributed by atoms with Crippen molar-refractivity contribution in [2.45, 2.75) is 20.0 Å². The van der Waals surface area contributed by atoms with Gasteiger partial charge in [0.25, 0.3) is 0 Å². The number of thiazole rings is 1. The fourth-order valence-corrected chi connectivity index (χ4v) is 3.09. The summed E-state index contributed by atoms with van der Waals surface area (Å²) in [7, 11) is 1.92. The van der Waals surface area contributed by atoms with E-state index < -0.39 is 0 Å². The van der Waals surface area contributed by atoms with Crippen molar-refractivity contribution >= 4 is 17.3 Å². The van der Waals surface area contributed by atoms with E-state index in [1.165, 1.54) is 0 Å². The highest BCUT2D eigenvalue weighted by molar-refractivity contribution is 7.09. The van der Waals surface area contributed by atoms with Gasteiger partial charge in [-0.05, 0) is 13.0 Å². The van der Waals surface area contributed by atoms with E-state index in [-0.39, 0.29) is 0 Å². The largest absolute Gasteiger partial charge is 0.357 e. The van der Waals surface area contributed by atoms with Gasteiger partial charge in [-0.3, -0.25) is 4.68 Å². The van der Waals surface area contributed by atoms with E-state index >= 15 is 0 Å². The maximum Gasteiger partial charge on any atom is 0.191 e. The minimum atomic E-state index is 0.582. The molecule has 0 aliphatic rings. The molecule has 2 heterocycles. The quantitative estimate of drug-likeness (QED) is 0.528. The number of aliphatic imine (C=N–C) groups is 1. The number of hydrogen-bond donors (Lipinski definition) is 2. The maximum absolute atomic E-state index is 4.70. The Morgan fingerprint density at radius 2 is 2.04 bits per heavy atom. The standard InChI is InChI=1S/C18H22N6S/c1-3-19-18(20-11-15-9-10-22-24(15)2)21-12-17-23-16(13-25-17)14-7-5-4-6-8-14/h4-10,13H,3,11-12H2,1-2H3,(H2,19,20,21). The molecule has 0 amide bonds. The first-order valence-electron chi connectivity index (χ1n) is 8.25. The van der Waals surface area contributed by atoms with Crippen LogP contribution in [0.15, 0.2) is 53.0 Å². The Morgan fingerprint density at radius 1 is 1.20 bits per heavy atom. The van der Waals surface area contributed by atoms with E-state index in [0.717, 1.165) is 34.5 Å². The molecule has 130 valence electrons. The van der Waals surface area contributed by atoms with Gasteiger partial charge in [-0.15, -0.1) is 11.3 Å². The molecule has 6 nitrogen and oxygen atoms in total. The molecular weight excluding hydrogens is 332 g/mol. The van der Waals surface area contributed by atoms with Crippen molar-refractivity contribution in [3.05, 3.63) is 58.7 Å². The average Bonchev–Trinajstić information content (AvgIpc) is 3.27. The zero-order valence-electron chi connectivity index (χ0n) is 14.4. The SMILES string of the molecule is CCNC(=NCc1ccnn1C)NCc1nc(-c2ccccc2)cs1. The van der Waals surface area contributed by atoms with Crippen LogP contribution in [0.1, 0.15) is 17.6 Å². The first-order chi connectivity index (χ1) is 12.3. The summed E-state index contributed by atoms with van der Waals surface area (Å²) in [5.74, 6) is 0.778. The number of hydrogen-bond acceptors (Lipinski definition) is 4. The number of benzene rings is 1. The Morgan fingerprint density at radius 3 is 2.76 bits per heavy atom. The fraction of sp³-hybridized carbons (Fsp3) is 0.278. The average molecular weight is 354 g/mol. The Hall–Kier alpha value is -2.67. The zero-order chi connectivity index (χ0) is 17.5. The summed E-state index contributed by atoms with van der Waals surface area (Å²) in [4.78, 5) is 9.30. The van der Waals surface area contributed by atoms with Crippen molar-refractivity contribution < 1.29 is 0 Å². The molecule has 0 spiro atoms. The summed E-state index contributed by atoms with van der Waals surface area (Å²) in [6.07, 6.45) is 1.78. The van der Waals surface area contributed by atoms with Crippen LogP contribution < -0.4 is 10.6 Å². The molecule has 0 bridgehead atoms. The van der Waals surface area contributed by atoms with Gasteiger partial charge in [0.05, 0.1) is 24.5 Å². The summed E-state index contributed by atoms with van der Waals surface area (Å²) in [6.45, 7) is 4.09. The van der Waals surface area contributed by atoms with Gasteiger partial charge in [0.1, 0.15) is 5.01 Å². The van der Waals surface area contributed by atoms with Crippen LogP contribution in [0.5, 0.6) is 0 Å². The summed E-state index contributed by atoms with van der Waals surface area (Å²) >= 11 is 1.65. The Balaban J connectivity index is 1.62. The van der Waals surface area contributed by atoms with Gasteiger partial charge in [-0.25, -0.2) is 9.98 Å². The molecule has 2 aromatic heterocycles. The molecule has 3 aromatic rings. The van der Waals surface area contributed by atoms with Crippen LogP contribution in [0.3, 0.4) is 0 Å². The topological polar surface area (TPSA) is 67.1 Å². The van der Waals surface area contributed by atoms with Crippen molar-refractivity contribution in [1.82, 2.24) is 25.4 Å². The van der Waals surface area contributed by atoms with Gasteiger partial charge >= 0.3 is 0 Å². The summed E-state index contributed by atoms with van der Waals surface area (Å²) in [6, 6.07) is 12.2.